The predicted octanol–water partition coefficient (Wildman–Crippen LogP) is 3.06. The van der Waals surface area contributed by atoms with Crippen molar-refractivity contribution in [3.8, 4) is 11.3 Å². The Morgan fingerprint density at radius 1 is 1.21 bits per heavy atom. The van der Waals surface area contributed by atoms with Gasteiger partial charge in [-0.15, -0.1) is 0 Å². The average molecular weight is 511 g/mol. The smallest absolute Gasteiger partial charge is 0.254 e. The molecule has 1 atom stereocenters. The molecule has 0 aliphatic carbocycles. The molecule has 1 unspecified atom stereocenters. The summed E-state index contributed by atoms with van der Waals surface area (Å²) in [5.41, 5.74) is 7.03. The molecule has 38 heavy (non-hydrogen) atoms. The lowest BCUT2D eigenvalue weighted by Crippen LogP contribution is -2.49. The van der Waals surface area contributed by atoms with E-state index < -0.39 is 0 Å². The maximum Gasteiger partial charge on any atom is 0.254 e. The van der Waals surface area contributed by atoms with Crippen molar-refractivity contribution in [3.05, 3.63) is 59.7 Å². The number of morpholine rings is 1. The minimum absolute atomic E-state index is 0.104. The van der Waals surface area contributed by atoms with Gasteiger partial charge in [0.05, 0.1) is 53.8 Å². The third-order valence-electron chi connectivity index (χ3n) is 7.90. The standard InChI is InChI=1S/C28H30N8O2/c1-3-35-14-17-16-38-11-10-36(17)23-4-5-24(33-22(23)15-35)32-21-13-30-26(20-12-31-28(37)25(20)21)18-6-8-29-27-19(18)7-9-34(27)2/h4-9,13,17H,3,10-12,14-16H2,1-2H3,(H,31,37)(H,32,33). The van der Waals surface area contributed by atoms with Crippen molar-refractivity contribution in [2.45, 2.75) is 26.1 Å². The van der Waals surface area contributed by atoms with Gasteiger partial charge in [-0.25, -0.2) is 9.97 Å². The lowest BCUT2D eigenvalue weighted by atomic mass is 10.0. The van der Waals surface area contributed by atoms with Crippen LogP contribution < -0.4 is 15.5 Å². The van der Waals surface area contributed by atoms with Gasteiger partial charge in [0.2, 0.25) is 0 Å². The van der Waals surface area contributed by atoms with E-state index in [1.165, 1.54) is 5.69 Å². The number of fused-ring (bicyclic) bond motifs is 5. The van der Waals surface area contributed by atoms with Crippen LogP contribution in [-0.4, -0.2) is 69.2 Å². The minimum atomic E-state index is -0.104. The zero-order chi connectivity index (χ0) is 25.8. The van der Waals surface area contributed by atoms with Crippen molar-refractivity contribution >= 4 is 34.1 Å². The van der Waals surface area contributed by atoms with E-state index in [-0.39, 0.29) is 5.91 Å². The van der Waals surface area contributed by atoms with Gasteiger partial charge >= 0.3 is 0 Å². The number of anilines is 3. The number of likely N-dealkylation sites (N-methyl/N-ethyl adjacent to an activating group) is 1. The zero-order valence-corrected chi connectivity index (χ0v) is 21.6. The van der Waals surface area contributed by atoms with Gasteiger partial charge in [0.1, 0.15) is 11.5 Å². The quantitative estimate of drug-likeness (QED) is 0.432. The fraction of sp³-hybridized carbons (Fsp3) is 0.357. The fourth-order valence-corrected chi connectivity index (χ4v) is 5.96. The van der Waals surface area contributed by atoms with Gasteiger partial charge in [0.15, 0.2) is 0 Å². The van der Waals surface area contributed by atoms with Crippen LogP contribution in [0.4, 0.5) is 17.2 Å². The lowest BCUT2D eigenvalue weighted by Gasteiger charge is -2.37. The summed E-state index contributed by atoms with van der Waals surface area (Å²) in [6, 6.07) is 8.48. The Morgan fingerprint density at radius 3 is 3.03 bits per heavy atom. The topological polar surface area (TPSA) is 100 Å². The summed E-state index contributed by atoms with van der Waals surface area (Å²) in [5.74, 6) is 0.602. The number of aromatic nitrogens is 4. The molecule has 194 valence electrons. The van der Waals surface area contributed by atoms with Crippen molar-refractivity contribution in [1.82, 2.24) is 29.7 Å². The van der Waals surface area contributed by atoms with E-state index in [0.29, 0.717) is 29.7 Å². The maximum atomic E-state index is 13.0. The minimum Gasteiger partial charge on any atom is -0.377 e. The molecule has 7 rings (SSSR count). The van der Waals surface area contributed by atoms with Crippen LogP contribution in [0, 0.1) is 0 Å². The van der Waals surface area contributed by atoms with Crippen LogP contribution >= 0.6 is 0 Å². The van der Waals surface area contributed by atoms with Crippen LogP contribution in [0.3, 0.4) is 0 Å². The van der Waals surface area contributed by atoms with Crippen LogP contribution in [0.1, 0.15) is 28.5 Å². The second-order valence-corrected chi connectivity index (χ2v) is 10.1. The number of ether oxygens (including phenoxy) is 1. The van der Waals surface area contributed by atoms with Crippen LogP contribution in [0.25, 0.3) is 22.3 Å². The van der Waals surface area contributed by atoms with E-state index in [9.17, 15) is 4.79 Å². The normalized spacial score (nSPS) is 19.1. The Labute approximate surface area is 220 Å². The van der Waals surface area contributed by atoms with Gasteiger partial charge in [-0.3, -0.25) is 14.7 Å². The summed E-state index contributed by atoms with van der Waals surface area (Å²) in [6.07, 6.45) is 5.53. The zero-order valence-electron chi connectivity index (χ0n) is 21.6. The summed E-state index contributed by atoms with van der Waals surface area (Å²) in [4.78, 5) is 32.2. The van der Waals surface area contributed by atoms with Gasteiger partial charge in [0.25, 0.3) is 5.91 Å². The molecular formula is C28H30N8O2. The molecule has 0 bridgehead atoms. The maximum absolute atomic E-state index is 13.0. The number of hydrogen-bond acceptors (Lipinski definition) is 8. The fourth-order valence-electron chi connectivity index (χ4n) is 5.96. The van der Waals surface area contributed by atoms with Crippen molar-refractivity contribution in [2.24, 2.45) is 7.05 Å². The molecule has 10 nitrogen and oxygen atoms in total. The second kappa shape index (κ2) is 9.07. The highest BCUT2D eigenvalue weighted by molar-refractivity contribution is 6.06. The van der Waals surface area contributed by atoms with Gasteiger partial charge in [0, 0.05) is 62.1 Å². The molecule has 3 aliphatic rings. The summed E-state index contributed by atoms with van der Waals surface area (Å²) >= 11 is 0. The number of amides is 1. The first-order valence-corrected chi connectivity index (χ1v) is 13.1. The summed E-state index contributed by atoms with van der Waals surface area (Å²) in [5, 5.41) is 7.42. The van der Waals surface area contributed by atoms with Crippen LogP contribution in [0.5, 0.6) is 0 Å². The second-order valence-electron chi connectivity index (χ2n) is 10.1. The summed E-state index contributed by atoms with van der Waals surface area (Å²) in [6.45, 7) is 7.64. The number of carbonyl (C=O) groups is 1. The molecule has 3 aliphatic heterocycles. The van der Waals surface area contributed by atoms with E-state index in [2.05, 4.69) is 38.4 Å². The molecule has 0 radical (unpaired) electrons. The third kappa shape index (κ3) is 3.71. The molecule has 4 aromatic heterocycles. The van der Waals surface area contributed by atoms with Gasteiger partial charge in [-0.2, -0.15) is 0 Å². The van der Waals surface area contributed by atoms with E-state index in [1.54, 1.807) is 12.4 Å². The Hall–Kier alpha value is -4.02. The molecule has 2 N–H and O–H groups in total. The molecule has 0 saturated carbocycles. The molecule has 10 heteroatoms. The molecule has 7 heterocycles. The highest BCUT2D eigenvalue weighted by Crippen LogP contribution is 2.36. The summed E-state index contributed by atoms with van der Waals surface area (Å²) in [7, 11) is 1.97. The van der Waals surface area contributed by atoms with Crippen molar-refractivity contribution < 1.29 is 9.53 Å². The predicted molar refractivity (Wildman–Crippen MR) is 146 cm³/mol. The van der Waals surface area contributed by atoms with E-state index in [1.807, 2.05) is 36.0 Å². The summed E-state index contributed by atoms with van der Waals surface area (Å²) < 4.78 is 7.76. The number of rotatable bonds is 4. The van der Waals surface area contributed by atoms with Crippen LogP contribution in [0.15, 0.2) is 42.9 Å². The van der Waals surface area contributed by atoms with E-state index in [4.69, 9.17) is 14.7 Å². The van der Waals surface area contributed by atoms with Crippen molar-refractivity contribution in [1.29, 1.82) is 0 Å². The average Bonchev–Trinajstić information content (AvgIpc) is 3.47. The van der Waals surface area contributed by atoms with Gasteiger partial charge in [-0.05, 0) is 30.8 Å². The molecule has 0 spiro atoms. The highest BCUT2D eigenvalue weighted by atomic mass is 16.5. The third-order valence-corrected chi connectivity index (χ3v) is 7.90. The Kier molecular flexibility index (Phi) is 5.52. The van der Waals surface area contributed by atoms with Crippen molar-refractivity contribution in [2.75, 3.05) is 43.1 Å². The SMILES string of the molecule is CCN1Cc2nc(Nc3cnc(-c4ccnc5c4ccn5C)c4c3C(=O)NC4)ccc2N2CCOCC2C1. The number of pyridine rings is 3. The largest absolute Gasteiger partial charge is 0.377 e. The molecule has 0 aromatic carbocycles. The first-order valence-electron chi connectivity index (χ1n) is 13.1. The molecule has 4 aromatic rings. The van der Waals surface area contributed by atoms with Crippen LogP contribution in [0.2, 0.25) is 0 Å². The number of nitrogens with one attached hydrogen (secondary N) is 2. The Bertz CT molecular complexity index is 1560. The Morgan fingerprint density at radius 2 is 2.13 bits per heavy atom. The monoisotopic (exact) mass is 510 g/mol. The van der Waals surface area contributed by atoms with Gasteiger partial charge < -0.3 is 24.8 Å². The van der Waals surface area contributed by atoms with Gasteiger partial charge in [-0.1, -0.05) is 6.92 Å². The number of aryl methyl sites for hydroxylation is 1. The van der Waals surface area contributed by atoms with E-state index >= 15 is 0 Å². The van der Waals surface area contributed by atoms with Crippen molar-refractivity contribution in [3.63, 3.8) is 0 Å². The van der Waals surface area contributed by atoms with Crippen LogP contribution in [-0.2, 0) is 24.9 Å². The number of carbonyl (C=O) groups excluding carboxylic acids is 1. The lowest BCUT2D eigenvalue weighted by molar-refractivity contribution is 0.0817. The molecule has 1 fully saturated rings. The number of hydrogen-bond donors (Lipinski definition) is 2. The highest BCUT2D eigenvalue weighted by Gasteiger charge is 2.32. The van der Waals surface area contributed by atoms with E-state index in [0.717, 1.165) is 72.9 Å². The first-order chi connectivity index (χ1) is 18.6. The molecular weight excluding hydrogens is 480 g/mol. The molecule has 1 amide bonds. The molecule has 1 saturated heterocycles. The Balaban J connectivity index is 1.26. The first kappa shape index (κ1) is 23.1. The number of nitrogens with zero attached hydrogens (tertiary/aromatic N) is 6.